The minimum absolute atomic E-state index is 0.0244. The highest BCUT2D eigenvalue weighted by molar-refractivity contribution is 6.32. The molecule has 1 aliphatic heterocycles. The Hall–Kier alpha value is -2.34. The molecule has 0 bridgehead atoms. The quantitative estimate of drug-likeness (QED) is 0.786. The van der Waals surface area contributed by atoms with Crippen molar-refractivity contribution >= 4 is 23.5 Å². The predicted molar refractivity (Wildman–Crippen MR) is 106 cm³/mol. The van der Waals surface area contributed by atoms with Crippen LogP contribution in [-0.2, 0) is 4.79 Å². The van der Waals surface area contributed by atoms with E-state index in [-0.39, 0.29) is 5.91 Å². The first-order chi connectivity index (χ1) is 13.0. The van der Waals surface area contributed by atoms with E-state index in [4.69, 9.17) is 16.3 Å². The fraction of sp³-hybridized carbons (Fsp3) is 0.450. The van der Waals surface area contributed by atoms with E-state index < -0.39 is 6.10 Å². The van der Waals surface area contributed by atoms with Crippen molar-refractivity contribution in [3.05, 3.63) is 46.7 Å². The van der Waals surface area contributed by atoms with E-state index in [9.17, 15) is 4.79 Å². The standard InChI is InChI=1S/C20H25ClN4O2/c1-4-17(27-16-12-14(2)18(21)15(3)13-16)19(26)24-8-10-25(11-9-24)20-22-6-5-7-23-20/h5-7,12-13,17H,4,8-11H2,1-3H3/t17-/m1/s1. The molecule has 0 aliphatic carbocycles. The number of aryl methyl sites for hydroxylation is 2. The Morgan fingerprint density at radius 2 is 1.74 bits per heavy atom. The van der Waals surface area contributed by atoms with Crippen LogP contribution >= 0.6 is 11.6 Å². The zero-order valence-electron chi connectivity index (χ0n) is 16.0. The number of benzene rings is 1. The minimum atomic E-state index is -0.496. The van der Waals surface area contributed by atoms with E-state index in [1.54, 1.807) is 18.5 Å². The van der Waals surface area contributed by atoms with Gasteiger partial charge in [0.05, 0.1) is 0 Å². The maximum Gasteiger partial charge on any atom is 0.263 e. The highest BCUT2D eigenvalue weighted by Gasteiger charge is 2.28. The molecule has 27 heavy (non-hydrogen) atoms. The summed E-state index contributed by atoms with van der Waals surface area (Å²) in [6.45, 7) is 8.54. The van der Waals surface area contributed by atoms with Crippen molar-refractivity contribution in [2.45, 2.75) is 33.3 Å². The Morgan fingerprint density at radius 1 is 1.15 bits per heavy atom. The van der Waals surface area contributed by atoms with Crippen LogP contribution in [0, 0.1) is 13.8 Å². The van der Waals surface area contributed by atoms with E-state index >= 15 is 0 Å². The molecule has 0 radical (unpaired) electrons. The lowest BCUT2D eigenvalue weighted by atomic mass is 10.1. The topological polar surface area (TPSA) is 58.6 Å². The van der Waals surface area contributed by atoms with Gasteiger partial charge in [-0.2, -0.15) is 0 Å². The average Bonchev–Trinajstić information content (AvgIpc) is 2.70. The predicted octanol–water partition coefficient (Wildman–Crippen LogP) is 3.25. The van der Waals surface area contributed by atoms with Gasteiger partial charge in [0.25, 0.3) is 5.91 Å². The van der Waals surface area contributed by atoms with E-state index in [2.05, 4.69) is 14.9 Å². The van der Waals surface area contributed by atoms with Gasteiger partial charge >= 0.3 is 0 Å². The number of rotatable bonds is 5. The average molecular weight is 389 g/mol. The molecule has 6 nitrogen and oxygen atoms in total. The molecule has 7 heteroatoms. The minimum Gasteiger partial charge on any atom is -0.481 e. The monoisotopic (exact) mass is 388 g/mol. The van der Waals surface area contributed by atoms with Crippen LogP contribution < -0.4 is 9.64 Å². The summed E-state index contributed by atoms with van der Waals surface area (Å²) in [5, 5.41) is 0.737. The van der Waals surface area contributed by atoms with Crippen molar-refractivity contribution in [2.75, 3.05) is 31.1 Å². The second-order valence-corrected chi connectivity index (χ2v) is 7.12. The van der Waals surface area contributed by atoms with Gasteiger partial charge in [0.1, 0.15) is 5.75 Å². The third kappa shape index (κ3) is 4.50. The SMILES string of the molecule is CC[C@@H](Oc1cc(C)c(Cl)c(C)c1)C(=O)N1CCN(c2ncccn2)CC1. The summed E-state index contributed by atoms with van der Waals surface area (Å²) in [5.74, 6) is 1.42. The first-order valence-electron chi connectivity index (χ1n) is 9.23. The number of carbonyl (C=O) groups is 1. The summed E-state index contributed by atoms with van der Waals surface area (Å²) in [6, 6.07) is 5.57. The summed E-state index contributed by atoms with van der Waals surface area (Å²) >= 11 is 6.22. The smallest absolute Gasteiger partial charge is 0.263 e. The molecule has 0 spiro atoms. The van der Waals surface area contributed by atoms with Crippen LogP contribution in [0.25, 0.3) is 0 Å². The van der Waals surface area contributed by atoms with E-state index in [0.717, 1.165) is 16.1 Å². The lowest BCUT2D eigenvalue weighted by Crippen LogP contribution is -2.52. The molecule has 0 saturated carbocycles. The van der Waals surface area contributed by atoms with Crippen LogP contribution in [0.3, 0.4) is 0 Å². The number of carbonyl (C=O) groups excluding carboxylic acids is 1. The molecule has 2 heterocycles. The molecule has 2 aromatic rings. The Labute approximate surface area is 165 Å². The van der Waals surface area contributed by atoms with Gasteiger partial charge in [-0.3, -0.25) is 4.79 Å². The maximum atomic E-state index is 12.9. The van der Waals surface area contributed by atoms with Crippen LogP contribution in [-0.4, -0.2) is 53.1 Å². The fourth-order valence-electron chi connectivity index (χ4n) is 3.23. The summed E-state index contributed by atoms with van der Waals surface area (Å²) in [6.07, 6.45) is 3.58. The van der Waals surface area contributed by atoms with E-state index in [0.29, 0.717) is 44.3 Å². The number of nitrogens with zero attached hydrogens (tertiary/aromatic N) is 4. The number of halogens is 1. The van der Waals surface area contributed by atoms with Crippen LogP contribution in [0.5, 0.6) is 5.75 Å². The lowest BCUT2D eigenvalue weighted by Gasteiger charge is -2.36. The second-order valence-electron chi connectivity index (χ2n) is 6.75. The zero-order valence-corrected chi connectivity index (χ0v) is 16.7. The lowest BCUT2D eigenvalue weighted by molar-refractivity contribution is -0.139. The summed E-state index contributed by atoms with van der Waals surface area (Å²) in [7, 11) is 0. The normalized spacial score (nSPS) is 15.6. The first-order valence-corrected chi connectivity index (χ1v) is 9.61. The van der Waals surface area contributed by atoms with Gasteiger partial charge in [0, 0.05) is 43.6 Å². The number of hydrogen-bond donors (Lipinski definition) is 0. The number of ether oxygens (including phenoxy) is 1. The molecule has 1 amide bonds. The van der Waals surface area contributed by atoms with E-state index in [1.165, 1.54) is 0 Å². The summed E-state index contributed by atoms with van der Waals surface area (Å²) in [4.78, 5) is 25.5. The number of anilines is 1. The maximum absolute atomic E-state index is 12.9. The largest absolute Gasteiger partial charge is 0.481 e. The molecule has 144 valence electrons. The van der Waals surface area contributed by atoms with Crippen molar-refractivity contribution in [1.82, 2.24) is 14.9 Å². The zero-order chi connectivity index (χ0) is 19.4. The van der Waals surface area contributed by atoms with Crippen LogP contribution in [0.1, 0.15) is 24.5 Å². The molecular formula is C20H25ClN4O2. The van der Waals surface area contributed by atoms with Crippen LogP contribution in [0.4, 0.5) is 5.95 Å². The molecule has 1 fully saturated rings. The summed E-state index contributed by atoms with van der Waals surface area (Å²) < 4.78 is 6.02. The van der Waals surface area contributed by atoms with Gasteiger partial charge in [0.2, 0.25) is 5.95 Å². The van der Waals surface area contributed by atoms with Gasteiger partial charge in [-0.1, -0.05) is 18.5 Å². The molecule has 1 aromatic carbocycles. The third-order valence-corrected chi connectivity index (χ3v) is 5.36. The molecule has 1 aromatic heterocycles. The van der Waals surface area contributed by atoms with Crippen molar-refractivity contribution in [2.24, 2.45) is 0 Å². The van der Waals surface area contributed by atoms with Crippen molar-refractivity contribution in [3.63, 3.8) is 0 Å². The fourth-order valence-corrected chi connectivity index (χ4v) is 3.34. The molecule has 1 aliphatic rings. The Morgan fingerprint density at radius 3 is 2.30 bits per heavy atom. The van der Waals surface area contributed by atoms with Gasteiger partial charge in [-0.25, -0.2) is 9.97 Å². The number of aromatic nitrogens is 2. The Balaban J connectivity index is 1.62. The first kappa shape index (κ1) is 19.4. The Kier molecular flexibility index (Phi) is 6.16. The molecule has 0 N–H and O–H groups in total. The molecule has 1 saturated heterocycles. The third-order valence-electron chi connectivity index (χ3n) is 4.76. The van der Waals surface area contributed by atoms with Crippen molar-refractivity contribution < 1.29 is 9.53 Å². The summed E-state index contributed by atoms with van der Waals surface area (Å²) in [5.41, 5.74) is 1.90. The highest BCUT2D eigenvalue weighted by Crippen LogP contribution is 2.27. The van der Waals surface area contributed by atoms with Crippen LogP contribution in [0.15, 0.2) is 30.6 Å². The van der Waals surface area contributed by atoms with Gasteiger partial charge in [-0.05, 0) is 49.6 Å². The van der Waals surface area contributed by atoms with E-state index in [1.807, 2.05) is 37.8 Å². The van der Waals surface area contributed by atoms with Gasteiger partial charge in [-0.15, -0.1) is 0 Å². The number of piperazine rings is 1. The second kappa shape index (κ2) is 8.57. The molecule has 3 rings (SSSR count). The molecule has 1 atom stereocenters. The molecule has 0 unspecified atom stereocenters. The number of amides is 1. The number of hydrogen-bond acceptors (Lipinski definition) is 5. The Bertz CT molecular complexity index is 769. The molecular weight excluding hydrogens is 364 g/mol. The highest BCUT2D eigenvalue weighted by atomic mass is 35.5. The van der Waals surface area contributed by atoms with Gasteiger partial charge in [0.15, 0.2) is 6.10 Å². The van der Waals surface area contributed by atoms with Crippen LogP contribution in [0.2, 0.25) is 5.02 Å². The van der Waals surface area contributed by atoms with Crippen molar-refractivity contribution in [1.29, 1.82) is 0 Å². The van der Waals surface area contributed by atoms with Gasteiger partial charge < -0.3 is 14.5 Å². The van der Waals surface area contributed by atoms with Crippen molar-refractivity contribution in [3.8, 4) is 5.75 Å².